The van der Waals surface area contributed by atoms with Crippen LogP contribution in [0.2, 0.25) is 0 Å². The van der Waals surface area contributed by atoms with E-state index in [0.717, 1.165) is 6.42 Å². The number of esters is 1. The van der Waals surface area contributed by atoms with E-state index in [2.05, 4.69) is 0 Å². The van der Waals surface area contributed by atoms with Crippen molar-refractivity contribution in [3.63, 3.8) is 0 Å². The van der Waals surface area contributed by atoms with Crippen LogP contribution in [0.25, 0.3) is 0 Å². The van der Waals surface area contributed by atoms with Crippen molar-refractivity contribution in [1.82, 2.24) is 0 Å². The van der Waals surface area contributed by atoms with E-state index in [0.29, 0.717) is 6.42 Å². The summed E-state index contributed by atoms with van der Waals surface area (Å²) >= 11 is 0. The lowest BCUT2D eigenvalue weighted by molar-refractivity contribution is -0.183. The van der Waals surface area contributed by atoms with Crippen molar-refractivity contribution >= 4 is 5.97 Å². The Balaban J connectivity index is 0.000000404. The van der Waals surface area contributed by atoms with Crippen molar-refractivity contribution in [3.05, 3.63) is 0 Å². The Morgan fingerprint density at radius 1 is 1.53 bits per heavy atom. The minimum atomic E-state index is -0.711. The summed E-state index contributed by atoms with van der Waals surface area (Å²) in [5, 5.41) is 9.77. The van der Waals surface area contributed by atoms with Crippen LogP contribution in [-0.4, -0.2) is 29.1 Å². The molecule has 2 heterocycles. The SMILES string of the molecule is CC.CCC1OC23OC(=O)CC2C3C1O. The zero-order valence-electron chi connectivity index (χ0n) is 9.40. The van der Waals surface area contributed by atoms with E-state index in [1.165, 1.54) is 0 Å². The highest BCUT2D eigenvalue weighted by atomic mass is 16.8. The lowest BCUT2D eigenvalue weighted by Gasteiger charge is -2.17. The molecule has 1 saturated carbocycles. The second-order valence-corrected chi connectivity index (χ2v) is 4.09. The third-order valence-corrected chi connectivity index (χ3v) is 3.45. The van der Waals surface area contributed by atoms with Gasteiger partial charge in [0.25, 0.3) is 0 Å². The molecule has 4 nitrogen and oxygen atoms in total. The fourth-order valence-corrected chi connectivity index (χ4v) is 2.78. The molecular formula is C11H18O4. The molecule has 15 heavy (non-hydrogen) atoms. The minimum Gasteiger partial charge on any atom is -0.432 e. The van der Waals surface area contributed by atoms with Gasteiger partial charge in [-0.15, -0.1) is 0 Å². The normalized spacial score (nSPS) is 50.0. The van der Waals surface area contributed by atoms with Gasteiger partial charge in [-0.1, -0.05) is 20.8 Å². The Hall–Kier alpha value is -0.610. The topological polar surface area (TPSA) is 55.8 Å². The average Bonchev–Trinajstić information content (AvgIpc) is 2.55. The summed E-state index contributed by atoms with van der Waals surface area (Å²) in [5.74, 6) is -0.727. The third-order valence-electron chi connectivity index (χ3n) is 3.45. The molecule has 1 aliphatic carbocycles. The quantitative estimate of drug-likeness (QED) is 0.663. The van der Waals surface area contributed by atoms with Crippen LogP contribution in [0.1, 0.15) is 33.6 Å². The summed E-state index contributed by atoms with van der Waals surface area (Å²) in [6.45, 7) is 5.96. The summed E-state index contributed by atoms with van der Waals surface area (Å²) < 4.78 is 10.7. The molecule has 5 atom stereocenters. The van der Waals surface area contributed by atoms with Crippen LogP contribution < -0.4 is 0 Å². The van der Waals surface area contributed by atoms with E-state index in [-0.39, 0.29) is 23.9 Å². The Morgan fingerprint density at radius 2 is 2.20 bits per heavy atom. The van der Waals surface area contributed by atoms with Gasteiger partial charge in [-0.05, 0) is 6.42 Å². The van der Waals surface area contributed by atoms with E-state index >= 15 is 0 Å². The fourth-order valence-electron chi connectivity index (χ4n) is 2.78. The molecule has 4 heteroatoms. The minimum absolute atomic E-state index is 0.0511. The van der Waals surface area contributed by atoms with Gasteiger partial charge in [0.1, 0.15) is 0 Å². The van der Waals surface area contributed by atoms with Crippen LogP contribution in [0.4, 0.5) is 0 Å². The molecule has 0 aromatic heterocycles. The molecular weight excluding hydrogens is 196 g/mol. The van der Waals surface area contributed by atoms with Crippen LogP contribution in [-0.2, 0) is 14.3 Å². The van der Waals surface area contributed by atoms with Gasteiger partial charge in [0.2, 0.25) is 5.79 Å². The average molecular weight is 214 g/mol. The van der Waals surface area contributed by atoms with Gasteiger partial charge in [0, 0.05) is 5.92 Å². The highest BCUT2D eigenvalue weighted by Crippen LogP contribution is 2.67. The van der Waals surface area contributed by atoms with Crippen LogP contribution in [0.15, 0.2) is 0 Å². The molecule has 3 aliphatic rings. The molecule has 0 aromatic rings. The Kier molecular flexibility index (Phi) is 2.51. The molecule has 86 valence electrons. The molecule has 3 rings (SSSR count). The van der Waals surface area contributed by atoms with Crippen molar-refractivity contribution in [2.24, 2.45) is 11.8 Å². The van der Waals surface area contributed by atoms with Crippen molar-refractivity contribution in [3.8, 4) is 0 Å². The number of ether oxygens (including phenoxy) is 2. The van der Waals surface area contributed by atoms with Crippen LogP contribution in [0.3, 0.4) is 0 Å². The summed E-state index contributed by atoms with van der Waals surface area (Å²) in [6.07, 6.45) is 0.595. The Morgan fingerprint density at radius 3 is 2.80 bits per heavy atom. The van der Waals surface area contributed by atoms with Crippen molar-refractivity contribution < 1.29 is 19.4 Å². The number of hydrogen-bond acceptors (Lipinski definition) is 4. The number of carbonyl (C=O) groups is 1. The van der Waals surface area contributed by atoms with Gasteiger partial charge < -0.3 is 14.6 Å². The summed E-state index contributed by atoms with van der Waals surface area (Å²) in [4.78, 5) is 10.9. The predicted molar refractivity (Wildman–Crippen MR) is 52.9 cm³/mol. The maximum Gasteiger partial charge on any atom is 0.308 e. The highest BCUT2D eigenvalue weighted by molar-refractivity contribution is 5.75. The maximum atomic E-state index is 10.9. The molecule has 3 fully saturated rings. The van der Waals surface area contributed by atoms with E-state index in [4.69, 9.17) is 9.47 Å². The molecule has 1 N–H and O–H groups in total. The van der Waals surface area contributed by atoms with Gasteiger partial charge >= 0.3 is 5.97 Å². The molecule has 0 amide bonds. The van der Waals surface area contributed by atoms with E-state index in [1.807, 2.05) is 20.8 Å². The number of fused-ring (bicyclic) bond motifs is 1. The summed E-state index contributed by atoms with van der Waals surface area (Å²) in [6, 6.07) is 0. The highest BCUT2D eigenvalue weighted by Gasteiger charge is 2.81. The standard InChI is InChI=1S/C9H12O4.C2H6/c1-2-5-8(11)7-4-3-6(10)13-9(4,7)12-5;1-2/h4-5,7-8,11H,2-3H2,1H3;1-2H3. The van der Waals surface area contributed by atoms with Crippen molar-refractivity contribution in [1.29, 1.82) is 0 Å². The number of carbonyl (C=O) groups excluding carboxylic acids is 1. The number of rotatable bonds is 1. The number of aliphatic hydroxyl groups is 1. The smallest absolute Gasteiger partial charge is 0.308 e. The van der Waals surface area contributed by atoms with E-state index < -0.39 is 11.9 Å². The van der Waals surface area contributed by atoms with Gasteiger partial charge in [-0.25, -0.2) is 0 Å². The molecule has 0 radical (unpaired) electrons. The number of hydrogen-bond donors (Lipinski definition) is 1. The second kappa shape index (κ2) is 3.46. The molecule has 0 bridgehead atoms. The third kappa shape index (κ3) is 1.24. The van der Waals surface area contributed by atoms with Crippen LogP contribution in [0.5, 0.6) is 0 Å². The van der Waals surface area contributed by atoms with Gasteiger partial charge in [-0.2, -0.15) is 0 Å². The first-order chi connectivity index (χ1) is 7.19. The predicted octanol–water partition coefficient (Wildman–Crippen LogP) is 1.07. The molecule has 5 unspecified atom stereocenters. The lowest BCUT2D eigenvalue weighted by Crippen LogP contribution is -2.26. The first-order valence-electron chi connectivity index (χ1n) is 5.76. The van der Waals surface area contributed by atoms with E-state index in [9.17, 15) is 9.90 Å². The fraction of sp³-hybridized carbons (Fsp3) is 0.909. The van der Waals surface area contributed by atoms with Crippen LogP contribution in [0, 0.1) is 11.8 Å². The first kappa shape index (κ1) is 10.9. The molecule has 2 saturated heterocycles. The second-order valence-electron chi connectivity index (χ2n) is 4.09. The molecule has 1 spiro atoms. The lowest BCUT2D eigenvalue weighted by atomic mass is 10.1. The largest absolute Gasteiger partial charge is 0.432 e. The monoisotopic (exact) mass is 214 g/mol. The zero-order valence-corrected chi connectivity index (χ0v) is 9.40. The van der Waals surface area contributed by atoms with Crippen molar-refractivity contribution in [2.75, 3.05) is 0 Å². The van der Waals surface area contributed by atoms with Gasteiger partial charge in [0.05, 0.1) is 24.5 Å². The Labute approximate surface area is 89.6 Å². The number of aliphatic hydroxyl groups excluding tert-OH is 1. The first-order valence-corrected chi connectivity index (χ1v) is 5.76. The van der Waals surface area contributed by atoms with Crippen LogP contribution >= 0.6 is 0 Å². The summed E-state index contributed by atoms with van der Waals surface area (Å²) in [7, 11) is 0. The summed E-state index contributed by atoms with van der Waals surface area (Å²) in [5.41, 5.74) is 0. The zero-order chi connectivity index (χ0) is 11.2. The maximum absolute atomic E-state index is 10.9. The van der Waals surface area contributed by atoms with Crippen molar-refractivity contribution in [2.45, 2.75) is 51.6 Å². The van der Waals surface area contributed by atoms with Gasteiger partial charge in [-0.3, -0.25) is 4.79 Å². The molecule has 0 aromatic carbocycles. The Bertz CT molecular complexity index is 278. The van der Waals surface area contributed by atoms with Gasteiger partial charge in [0.15, 0.2) is 0 Å². The molecule has 2 aliphatic heterocycles. The van der Waals surface area contributed by atoms with E-state index in [1.54, 1.807) is 0 Å².